The zero-order valence-corrected chi connectivity index (χ0v) is 12.8. The van der Waals surface area contributed by atoms with Crippen LogP contribution in [0.2, 0.25) is 0 Å². The van der Waals surface area contributed by atoms with Crippen molar-refractivity contribution in [3.63, 3.8) is 0 Å². The number of carboxylic acid groups (broad SMARTS) is 1. The van der Waals surface area contributed by atoms with Gasteiger partial charge in [-0.1, -0.05) is 6.07 Å². The highest BCUT2D eigenvalue weighted by molar-refractivity contribution is 5.87. The van der Waals surface area contributed by atoms with Crippen LogP contribution in [0, 0.1) is 5.41 Å². The maximum absolute atomic E-state index is 10.9. The van der Waals surface area contributed by atoms with Crippen molar-refractivity contribution >= 4 is 5.97 Å². The molecule has 1 unspecified atom stereocenters. The molecule has 1 aromatic carbocycles. The van der Waals surface area contributed by atoms with Gasteiger partial charge in [0.15, 0.2) is 0 Å². The van der Waals surface area contributed by atoms with Crippen molar-refractivity contribution in [3.8, 4) is 5.75 Å². The molecule has 5 nitrogen and oxygen atoms in total. The molecule has 1 aromatic rings. The Hall–Kier alpha value is -1.59. The van der Waals surface area contributed by atoms with Gasteiger partial charge in [-0.25, -0.2) is 4.79 Å². The lowest BCUT2D eigenvalue weighted by atomic mass is 9.82. The summed E-state index contributed by atoms with van der Waals surface area (Å²) in [5.74, 6) is -0.306. The molecule has 0 saturated carbocycles. The Morgan fingerprint density at radius 2 is 2.32 bits per heavy atom. The molecule has 0 aromatic heterocycles. The highest BCUT2D eigenvalue weighted by Crippen LogP contribution is 2.37. The Morgan fingerprint density at radius 1 is 1.41 bits per heavy atom. The number of ether oxygens (including phenoxy) is 2. The quantitative estimate of drug-likeness (QED) is 0.904. The SMILES string of the molecule is O=C(O)c1cccc(OCCN2CCC3(CCCOC3)C2)c1. The van der Waals surface area contributed by atoms with E-state index in [9.17, 15) is 4.79 Å². The van der Waals surface area contributed by atoms with Gasteiger partial charge in [0.05, 0.1) is 12.2 Å². The average Bonchev–Trinajstić information content (AvgIpc) is 2.91. The van der Waals surface area contributed by atoms with Crippen molar-refractivity contribution in [1.29, 1.82) is 0 Å². The van der Waals surface area contributed by atoms with Gasteiger partial charge in [-0.3, -0.25) is 4.90 Å². The summed E-state index contributed by atoms with van der Waals surface area (Å²) >= 11 is 0. The van der Waals surface area contributed by atoms with Crippen LogP contribution in [0.5, 0.6) is 5.75 Å². The van der Waals surface area contributed by atoms with Gasteiger partial charge in [0, 0.05) is 25.1 Å². The van der Waals surface area contributed by atoms with E-state index in [1.165, 1.54) is 19.3 Å². The van der Waals surface area contributed by atoms with Crippen LogP contribution in [0.15, 0.2) is 24.3 Å². The van der Waals surface area contributed by atoms with Gasteiger partial charge in [0.2, 0.25) is 0 Å². The van der Waals surface area contributed by atoms with Gasteiger partial charge in [0.25, 0.3) is 0 Å². The van der Waals surface area contributed by atoms with Crippen LogP contribution in [0.25, 0.3) is 0 Å². The first-order valence-corrected chi connectivity index (χ1v) is 7.93. The van der Waals surface area contributed by atoms with Gasteiger partial charge in [0.1, 0.15) is 12.4 Å². The minimum Gasteiger partial charge on any atom is -0.492 e. The number of rotatable bonds is 5. The van der Waals surface area contributed by atoms with Crippen LogP contribution < -0.4 is 4.74 Å². The first-order chi connectivity index (χ1) is 10.7. The lowest BCUT2D eigenvalue weighted by Gasteiger charge is -2.33. The zero-order chi connectivity index (χ0) is 15.4. The van der Waals surface area contributed by atoms with E-state index in [1.54, 1.807) is 24.3 Å². The molecule has 2 fully saturated rings. The van der Waals surface area contributed by atoms with Crippen LogP contribution >= 0.6 is 0 Å². The molecule has 22 heavy (non-hydrogen) atoms. The summed E-state index contributed by atoms with van der Waals surface area (Å²) in [4.78, 5) is 13.4. The Labute approximate surface area is 130 Å². The van der Waals surface area contributed by atoms with E-state index in [2.05, 4.69) is 4.90 Å². The molecule has 3 rings (SSSR count). The Bertz CT molecular complexity index is 525. The summed E-state index contributed by atoms with van der Waals surface area (Å²) in [5, 5.41) is 8.97. The minimum absolute atomic E-state index is 0.261. The van der Waals surface area contributed by atoms with Gasteiger partial charge < -0.3 is 14.6 Å². The fourth-order valence-corrected chi connectivity index (χ4v) is 3.46. The van der Waals surface area contributed by atoms with Crippen LogP contribution in [-0.4, -0.2) is 55.4 Å². The van der Waals surface area contributed by atoms with Crippen molar-refractivity contribution < 1.29 is 19.4 Å². The maximum atomic E-state index is 10.9. The van der Waals surface area contributed by atoms with Crippen molar-refractivity contribution in [2.45, 2.75) is 19.3 Å². The highest BCUT2D eigenvalue weighted by atomic mass is 16.5. The third-order valence-corrected chi connectivity index (χ3v) is 4.68. The van der Waals surface area contributed by atoms with E-state index in [4.69, 9.17) is 14.6 Å². The van der Waals surface area contributed by atoms with Crippen molar-refractivity contribution in [3.05, 3.63) is 29.8 Å². The maximum Gasteiger partial charge on any atom is 0.335 e. The second-order valence-electron chi connectivity index (χ2n) is 6.36. The van der Waals surface area contributed by atoms with Crippen LogP contribution in [0.4, 0.5) is 0 Å². The average molecular weight is 305 g/mol. The summed E-state index contributed by atoms with van der Waals surface area (Å²) in [6.45, 7) is 5.45. The Morgan fingerprint density at radius 3 is 3.09 bits per heavy atom. The topological polar surface area (TPSA) is 59.0 Å². The highest BCUT2D eigenvalue weighted by Gasteiger charge is 2.39. The molecular formula is C17H23NO4. The molecule has 5 heteroatoms. The predicted molar refractivity (Wildman–Crippen MR) is 82.4 cm³/mol. The van der Waals surface area contributed by atoms with Crippen LogP contribution in [-0.2, 0) is 4.74 Å². The van der Waals surface area contributed by atoms with Crippen molar-refractivity contribution in [1.82, 2.24) is 4.90 Å². The van der Waals surface area contributed by atoms with Crippen molar-refractivity contribution in [2.24, 2.45) is 5.41 Å². The second-order valence-corrected chi connectivity index (χ2v) is 6.36. The summed E-state index contributed by atoms with van der Waals surface area (Å²) in [6, 6.07) is 6.65. The molecule has 0 amide bonds. The predicted octanol–water partition coefficient (Wildman–Crippen LogP) is 2.27. The molecule has 1 spiro atoms. The smallest absolute Gasteiger partial charge is 0.335 e. The Kier molecular flexibility index (Phi) is 4.64. The Balaban J connectivity index is 1.46. The fourth-order valence-electron chi connectivity index (χ4n) is 3.46. The van der Waals surface area contributed by atoms with Gasteiger partial charge in [-0.2, -0.15) is 0 Å². The molecule has 120 valence electrons. The fraction of sp³-hybridized carbons (Fsp3) is 0.588. The van der Waals surface area contributed by atoms with Crippen molar-refractivity contribution in [2.75, 3.05) is 39.5 Å². The lowest BCUT2D eigenvalue weighted by Crippen LogP contribution is -2.36. The monoisotopic (exact) mass is 305 g/mol. The number of benzene rings is 1. The molecule has 2 heterocycles. The molecule has 0 radical (unpaired) electrons. The summed E-state index contributed by atoms with van der Waals surface area (Å²) in [7, 11) is 0. The third-order valence-electron chi connectivity index (χ3n) is 4.68. The van der Waals surface area contributed by atoms with E-state index in [1.807, 2.05) is 0 Å². The first-order valence-electron chi connectivity index (χ1n) is 7.93. The number of aromatic carboxylic acids is 1. The number of nitrogens with zero attached hydrogens (tertiary/aromatic N) is 1. The molecule has 0 aliphatic carbocycles. The summed E-state index contributed by atoms with van der Waals surface area (Å²) in [5.41, 5.74) is 0.624. The molecule has 1 N–H and O–H groups in total. The van der Waals surface area contributed by atoms with Gasteiger partial charge in [-0.15, -0.1) is 0 Å². The second kappa shape index (κ2) is 6.67. The molecule has 1 atom stereocenters. The van der Waals surface area contributed by atoms with E-state index >= 15 is 0 Å². The number of carbonyl (C=O) groups is 1. The van der Waals surface area contributed by atoms with E-state index in [-0.39, 0.29) is 5.56 Å². The number of hydrogen-bond donors (Lipinski definition) is 1. The standard InChI is InChI=1S/C17H23NO4/c19-16(20)14-3-1-4-15(11-14)22-10-8-18-7-6-17(12-18)5-2-9-21-13-17/h1,3-4,11H,2,5-10,12-13H2,(H,19,20). The van der Waals surface area contributed by atoms with E-state index < -0.39 is 5.97 Å². The number of likely N-dealkylation sites (tertiary alicyclic amines) is 1. The lowest BCUT2D eigenvalue weighted by molar-refractivity contribution is -0.00256. The molecule has 0 bridgehead atoms. The van der Waals surface area contributed by atoms with Crippen LogP contribution in [0.1, 0.15) is 29.6 Å². The largest absolute Gasteiger partial charge is 0.492 e. The first kappa shape index (κ1) is 15.3. The number of carboxylic acids is 1. The normalized spacial score (nSPS) is 25.5. The van der Waals surface area contributed by atoms with Crippen LogP contribution in [0.3, 0.4) is 0 Å². The summed E-state index contributed by atoms with van der Waals surface area (Å²) < 4.78 is 11.3. The summed E-state index contributed by atoms with van der Waals surface area (Å²) in [6.07, 6.45) is 3.65. The third kappa shape index (κ3) is 3.59. The van der Waals surface area contributed by atoms with E-state index in [0.717, 1.165) is 32.8 Å². The van der Waals surface area contributed by atoms with E-state index in [0.29, 0.717) is 17.8 Å². The molecule has 2 aliphatic rings. The molecular weight excluding hydrogens is 282 g/mol. The van der Waals surface area contributed by atoms with Gasteiger partial charge in [-0.05, 0) is 44.0 Å². The van der Waals surface area contributed by atoms with Gasteiger partial charge >= 0.3 is 5.97 Å². The number of hydrogen-bond acceptors (Lipinski definition) is 4. The molecule has 2 aliphatic heterocycles. The molecule has 2 saturated heterocycles. The minimum atomic E-state index is -0.927. The zero-order valence-electron chi connectivity index (χ0n) is 12.8.